The Kier molecular flexibility index (Phi) is 2.24. The van der Waals surface area contributed by atoms with Gasteiger partial charge in [0, 0.05) is 42.0 Å². The third-order valence-electron chi connectivity index (χ3n) is 3.89. The van der Waals surface area contributed by atoms with Crippen LogP contribution in [0.4, 0.5) is 0 Å². The molecule has 0 bridgehead atoms. The average molecular weight is 244 g/mol. The van der Waals surface area contributed by atoms with Crippen molar-refractivity contribution in [1.29, 1.82) is 0 Å². The lowest BCUT2D eigenvalue weighted by Gasteiger charge is -2.16. The van der Waals surface area contributed by atoms with E-state index in [1.807, 2.05) is 11.8 Å². The maximum absolute atomic E-state index is 3.51. The Morgan fingerprint density at radius 2 is 2.29 bits per heavy atom. The van der Waals surface area contributed by atoms with Crippen molar-refractivity contribution >= 4 is 22.7 Å². The van der Waals surface area contributed by atoms with Gasteiger partial charge in [0.05, 0.1) is 5.52 Å². The minimum atomic E-state index is 1.05. The van der Waals surface area contributed by atoms with E-state index in [1.54, 1.807) is 11.3 Å². The minimum absolute atomic E-state index is 1.05. The molecule has 1 aromatic carbocycles. The average Bonchev–Trinajstić information content (AvgIpc) is 2.56. The van der Waals surface area contributed by atoms with Crippen LogP contribution in [0.3, 0.4) is 0 Å². The fourth-order valence-corrected chi connectivity index (χ4v) is 4.19. The molecular formula is C14H16N2S. The lowest BCUT2D eigenvalue weighted by atomic mass is 10.1. The van der Waals surface area contributed by atoms with Crippen molar-refractivity contribution < 1.29 is 0 Å². The highest BCUT2D eigenvalue weighted by Crippen LogP contribution is 2.37. The molecule has 1 N–H and O–H groups in total. The van der Waals surface area contributed by atoms with Gasteiger partial charge in [0.1, 0.15) is 0 Å². The van der Waals surface area contributed by atoms with Crippen LogP contribution < -0.4 is 5.32 Å². The number of hydrogen-bond donors (Lipinski definition) is 1. The van der Waals surface area contributed by atoms with Crippen molar-refractivity contribution in [2.45, 2.75) is 30.8 Å². The Bertz CT molecular complexity index is 585. The van der Waals surface area contributed by atoms with Gasteiger partial charge in [0.2, 0.25) is 0 Å². The molecule has 2 aromatic rings. The Hall–Kier alpha value is -0.930. The molecule has 0 amide bonds. The second-order valence-corrected chi connectivity index (χ2v) is 5.99. The van der Waals surface area contributed by atoms with Gasteiger partial charge in [-0.05, 0) is 23.8 Å². The summed E-state index contributed by atoms with van der Waals surface area (Å²) >= 11 is 2.02. The molecule has 0 aliphatic carbocycles. The standard InChI is InChI=1S/C14H16N2S/c1-3-10-11-9-15-6-5-12(11)16-7-2-8-17-13(4-1)14(10)16/h1,3-4,15H,2,5-9H2. The van der Waals surface area contributed by atoms with Gasteiger partial charge in [-0.25, -0.2) is 0 Å². The van der Waals surface area contributed by atoms with Crippen LogP contribution in [0.25, 0.3) is 10.9 Å². The summed E-state index contributed by atoms with van der Waals surface area (Å²) in [6.07, 6.45) is 2.48. The van der Waals surface area contributed by atoms with E-state index in [-0.39, 0.29) is 0 Å². The molecule has 4 rings (SSSR count). The highest BCUT2D eigenvalue weighted by Gasteiger charge is 2.22. The third kappa shape index (κ3) is 1.39. The number of aryl methyl sites for hydroxylation is 1. The molecule has 0 spiro atoms. The highest BCUT2D eigenvalue weighted by molar-refractivity contribution is 7.99. The van der Waals surface area contributed by atoms with Crippen LogP contribution in [0.5, 0.6) is 0 Å². The van der Waals surface area contributed by atoms with Gasteiger partial charge in [0.25, 0.3) is 0 Å². The van der Waals surface area contributed by atoms with Crippen molar-refractivity contribution in [3.8, 4) is 0 Å². The van der Waals surface area contributed by atoms with Crippen LogP contribution in [-0.2, 0) is 19.5 Å². The number of fused-ring (bicyclic) bond motifs is 3. The number of rotatable bonds is 0. The highest BCUT2D eigenvalue weighted by atomic mass is 32.2. The summed E-state index contributed by atoms with van der Waals surface area (Å²) in [5.41, 5.74) is 4.65. The first kappa shape index (κ1) is 10.0. The van der Waals surface area contributed by atoms with E-state index in [0.29, 0.717) is 0 Å². The van der Waals surface area contributed by atoms with Crippen molar-refractivity contribution in [2.24, 2.45) is 0 Å². The number of benzene rings is 1. The molecule has 1 aromatic heterocycles. The van der Waals surface area contributed by atoms with E-state index >= 15 is 0 Å². The second kappa shape index (κ2) is 3.79. The van der Waals surface area contributed by atoms with Crippen molar-refractivity contribution in [3.05, 3.63) is 29.5 Å². The van der Waals surface area contributed by atoms with Crippen LogP contribution in [0.15, 0.2) is 23.1 Å². The van der Waals surface area contributed by atoms with Gasteiger partial charge in [-0.2, -0.15) is 0 Å². The summed E-state index contributed by atoms with van der Waals surface area (Å²) in [6.45, 7) is 3.38. The first-order chi connectivity index (χ1) is 8.45. The SMILES string of the molecule is c1cc2c3c(c1)c1c(n3CCCS2)CCNC1. The van der Waals surface area contributed by atoms with E-state index < -0.39 is 0 Å². The molecule has 17 heavy (non-hydrogen) atoms. The van der Waals surface area contributed by atoms with E-state index in [9.17, 15) is 0 Å². The molecule has 0 saturated carbocycles. The molecule has 0 fully saturated rings. The topological polar surface area (TPSA) is 17.0 Å². The molecule has 2 aliphatic heterocycles. The van der Waals surface area contributed by atoms with E-state index in [0.717, 1.165) is 13.1 Å². The Morgan fingerprint density at radius 3 is 3.29 bits per heavy atom. The third-order valence-corrected chi connectivity index (χ3v) is 5.03. The Balaban J connectivity index is 2.11. The van der Waals surface area contributed by atoms with Crippen LogP contribution in [-0.4, -0.2) is 16.9 Å². The number of hydrogen-bond acceptors (Lipinski definition) is 2. The largest absolute Gasteiger partial charge is 0.343 e. The Labute approximate surface area is 105 Å². The van der Waals surface area contributed by atoms with Gasteiger partial charge in [-0.15, -0.1) is 11.8 Å². The fourth-order valence-electron chi connectivity index (χ4n) is 3.17. The lowest BCUT2D eigenvalue weighted by Crippen LogP contribution is -2.24. The lowest BCUT2D eigenvalue weighted by molar-refractivity contribution is 0.592. The second-order valence-electron chi connectivity index (χ2n) is 4.86. The van der Waals surface area contributed by atoms with Crippen molar-refractivity contribution in [2.75, 3.05) is 12.3 Å². The summed E-state index contributed by atoms with van der Waals surface area (Å²) in [5, 5.41) is 4.99. The van der Waals surface area contributed by atoms with Crippen LogP contribution >= 0.6 is 11.8 Å². The number of nitrogens with one attached hydrogen (secondary N) is 1. The smallest absolute Gasteiger partial charge is 0.0624 e. The number of aromatic nitrogens is 1. The van der Waals surface area contributed by atoms with Crippen LogP contribution in [0.1, 0.15) is 17.7 Å². The fraction of sp³-hybridized carbons (Fsp3) is 0.429. The summed E-state index contributed by atoms with van der Waals surface area (Å²) in [4.78, 5) is 1.48. The van der Waals surface area contributed by atoms with Gasteiger partial charge in [-0.3, -0.25) is 0 Å². The van der Waals surface area contributed by atoms with Crippen LogP contribution in [0.2, 0.25) is 0 Å². The van der Waals surface area contributed by atoms with Gasteiger partial charge in [-0.1, -0.05) is 12.1 Å². The number of para-hydroxylation sites is 1. The predicted octanol–water partition coefficient (Wildman–Crippen LogP) is 2.78. The number of nitrogens with zero attached hydrogens (tertiary/aromatic N) is 1. The van der Waals surface area contributed by atoms with Crippen molar-refractivity contribution in [1.82, 2.24) is 9.88 Å². The molecule has 88 valence electrons. The summed E-state index contributed by atoms with van der Waals surface area (Å²) in [6, 6.07) is 6.80. The minimum Gasteiger partial charge on any atom is -0.343 e. The molecule has 2 nitrogen and oxygen atoms in total. The first-order valence-electron chi connectivity index (χ1n) is 6.41. The molecule has 3 heterocycles. The maximum atomic E-state index is 3.51. The summed E-state index contributed by atoms with van der Waals surface area (Å²) < 4.78 is 2.60. The Morgan fingerprint density at radius 1 is 1.29 bits per heavy atom. The predicted molar refractivity (Wildman–Crippen MR) is 72.7 cm³/mol. The molecule has 0 unspecified atom stereocenters. The zero-order chi connectivity index (χ0) is 11.2. The number of thioether (sulfide) groups is 1. The zero-order valence-corrected chi connectivity index (χ0v) is 10.6. The molecule has 0 atom stereocenters. The van der Waals surface area contributed by atoms with Gasteiger partial charge in [0.15, 0.2) is 0 Å². The molecular weight excluding hydrogens is 228 g/mol. The summed E-state index contributed by atoms with van der Waals surface area (Å²) in [5.74, 6) is 1.26. The monoisotopic (exact) mass is 244 g/mol. The van der Waals surface area contributed by atoms with E-state index in [1.165, 1.54) is 40.9 Å². The van der Waals surface area contributed by atoms with Crippen molar-refractivity contribution in [3.63, 3.8) is 0 Å². The van der Waals surface area contributed by atoms with Gasteiger partial charge < -0.3 is 9.88 Å². The van der Waals surface area contributed by atoms with Crippen LogP contribution in [0, 0.1) is 0 Å². The quantitative estimate of drug-likeness (QED) is 0.767. The molecule has 3 heteroatoms. The van der Waals surface area contributed by atoms with E-state index in [4.69, 9.17) is 0 Å². The maximum Gasteiger partial charge on any atom is 0.0624 e. The molecule has 0 radical (unpaired) electrons. The van der Waals surface area contributed by atoms with E-state index in [2.05, 4.69) is 28.1 Å². The zero-order valence-electron chi connectivity index (χ0n) is 9.83. The normalized spacial score (nSPS) is 19.1. The first-order valence-corrected chi connectivity index (χ1v) is 7.40. The summed E-state index contributed by atoms with van der Waals surface area (Å²) in [7, 11) is 0. The molecule has 2 aliphatic rings. The van der Waals surface area contributed by atoms with Gasteiger partial charge >= 0.3 is 0 Å². The molecule has 0 saturated heterocycles.